The first kappa shape index (κ1) is 4.56. The van der Waals surface area contributed by atoms with Crippen LogP contribution in [0.4, 0.5) is 4.39 Å². The Bertz CT molecular complexity index is 85.8. The van der Waals surface area contributed by atoms with E-state index < -0.39 is 6.17 Å². The van der Waals surface area contributed by atoms with Gasteiger partial charge in [-0.1, -0.05) is 0 Å². The van der Waals surface area contributed by atoms with Gasteiger partial charge in [-0.3, -0.25) is 4.79 Å². The molecule has 3 heteroatoms. The highest BCUT2D eigenvalue weighted by Gasteiger charge is 2.36. The number of hydrogen-bond acceptors (Lipinski definition) is 1. The number of carbonyl (C=O) groups excluding carboxylic acids is 1. The molecule has 0 aromatic carbocycles. The molecule has 39 valence electrons. The Hall–Kier alpha value is -0.600. The van der Waals surface area contributed by atoms with Gasteiger partial charge >= 0.3 is 6.41 Å². The lowest BCUT2D eigenvalue weighted by Gasteiger charge is -1.82. The molecule has 1 N–H and O–H groups in total. The van der Waals surface area contributed by atoms with E-state index in [0.717, 1.165) is 0 Å². The van der Waals surface area contributed by atoms with Gasteiger partial charge in [0, 0.05) is 6.42 Å². The lowest BCUT2D eigenvalue weighted by Crippen LogP contribution is -2.15. The van der Waals surface area contributed by atoms with Crippen molar-refractivity contribution in [2.45, 2.75) is 18.6 Å². The van der Waals surface area contributed by atoms with Crippen LogP contribution in [0.5, 0.6) is 0 Å². The van der Waals surface area contributed by atoms with Crippen LogP contribution in [0.1, 0.15) is 6.42 Å². The minimum absolute atomic E-state index is 0.225. The molecule has 0 bridgehead atoms. The fraction of sp³-hybridized carbons (Fsp3) is 0.750. The summed E-state index contributed by atoms with van der Waals surface area (Å²) in [5.74, 6) is 0. The van der Waals surface area contributed by atoms with Gasteiger partial charge in [0.05, 0.1) is 6.04 Å². The molecule has 0 saturated heterocycles. The van der Waals surface area contributed by atoms with Gasteiger partial charge in [0.15, 0.2) is 0 Å². The van der Waals surface area contributed by atoms with E-state index in [2.05, 4.69) is 5.32 Å². The highest BCUT2D eigenvalue weighted by atomic mass is 19.1. The molecular formula is C4H5FNO. The van der Waals surface area contributed by atoms with Crippen molar-refractivity contribution in [3.63, 3.8) is 0 Å². The number of amides is 1. The van der Waals surface area contributed by atoms with E-state index in [1.165, 1.54) is 6.41 Å². The Morgan fingerprint density at radius 2 is 2.43 bits per heavy atom. The summed E-state index contributed by atoms with van der Waals surface area (Å²) in [4.78, 5) is 9.40. The molecule has 0 aromatic rings. The Balaban J connectivity index is 2.08. The van der Waals surface area contributed by atoms with Gasteiger partial charge in [-0.15, -0.1) is 0 Å². The minimum atomic E-state index is -0.804. The molecule has 2 atom stereocenters. The monoisotopic (exact) mass is 102 g/mol. The average Bonchev–Trinajstić information content (AvgIpc) is 2.22. The van der Waals surface area contributed by atoms with Gasteiger partial charge < -0.3 is 5.32 Å². The first-order valence-corrected chi connectivity index (χ1v) is 2.11. The Kier molecular flexibility index (Phi) is 0.964. The second-order valence-electron chi connectivity index (χ2n) is 1.60. The fourth-order valence-electron chi connectivity index (χ4n) is 0.389. The summed E-state index contributed by atoms with van der Waals surface area (Å²) >= 11 is 0. The molecule has 2 nitrogen and oxygen atoms in total. The van der Waals surface area contributed by atoms with E-state index in [4.69, 9.17) is 0 Å². The Labute approximate surface area is 40.7 Å². The largest absolute Gasteiger partial charge is 0.342 e. The van der Waals surface area contributed by atoms with Crippen LogP contribution in [0, 0.1) is 0 Å². The number of rotatable bonds is 2. The summed E-state index contributed by atoms with van der Waals surface area (Å²) in [5.41, 5.74) is 0. The topological polar surface area (TPSA) is 29.1 Å². The average molecular weight is 102 g/mol. The summed E-state index contributed by atoms with van der Waals surface area (Å²) in [6.07, 6.45) is 1.08. The molecule has 1 fully saturated rings. The molecule has 7 heavy (non-hydrogen) atoms. The maximum atomic E-state index is 11.7. The van der Waals surface area contributed by atoms with E-state index in [1.54, 1.807) is 0 Å². The van der Waals surface area contributed by atoms with Crippen LogP contribution in [0.3, 0.4) is 0 Å². The summed E-state index contributed by atoms with van der Waals surface area (Å²) in [6.45, 7) is 0. The molecule has 1 radical (unpaired) electrons. The molecule has 2 unspecified atom stereocenters. The second-order valence-corrected chi connectivity index (χ2v) is 1.60. The molecule has 0 heterocycles. The second kappa shape index (κ2) is 1.48. The van der Waals surface area contributed by atoms with Gasteiger partial charge in [-0.2, -0.15) is 0 Å². The lowest BCUT2D eigenvalue weighted by atomic mass is 10.7. The third-order valence-corrected chi connectivity index (χ3v) is 0.957. The van der Waals surface area contributed by atoms with E-state index in [9.17, 15) is 9.18 Å². The third-order valence-electron chi connectivity index (χ3n) is 0.957. The van der Waals surface area contributed by atoms with Crippen molar-refractivity contribution in [1.29, 1.82) is 0 Å². The minimum Gasteiger partial charge on any atom is -0.342 e. The zero-order chi connectivity index (χ0) is 5.28. The summed E-state index contributed by atoms with van der Waals surface area (Å²) in [6, 6.07) is -0.225. The van der Waals surface area contributed by atoms with Gasteiger partial charge in [0.2, 0.25) is 0 Å². The standard InChI is InChI=1S/C4H5FNO/c5-3-1-4(3)6-2-7/h3-4H,1H2,(H,6,7). The highest BCUT2D eigenvalue weighted by Crippen LogP contribution is 2.23. The van der Waals surface area contributed by atoms with E-state index in [0.29, 0.717) is 6.42 Å². The molecule has 0 aliphatic heterocycles. The van der Waals surface area contributed by atoms with Crippen molar-refractivity contribution in [2.24, 2.45) is 0 Å². The quantitative estimate of drug-likeness (QED) is 0.479. The number of hydrogen-bond donors (Lipinski definition) is 1. The molecule has 0 aromatic heterocycles. The van der Waals surface area contributed by atoms with E-state index >= 15 is 0 Å². The SMILES string of the molecule is O=[C]NC1CC1F. The third kappa shape index (κ3) is 0.885. The van der Waals surface area contributed by atoms with Crippen molar-refractivity contribution in [3.05, 3.63) is 0 Å². The van der Waals surface area contributed by atoms with E-state index in [1.807, 2.05) is 0 Å². The first-order chi connectivity index (χ1) is 3.34. The van der Waals surface area contributed by atoms with Crippen LogP contribution in [-0.4, -0.2) is 18.6 Å². The molecule has 1 saturated carbocycles. The van der Waals surface area contributed by atoms with Crippen molar-refractivity contribution in [3.8, 4) is 0 Å². The first-order valence-electron chi connectivity index (χ1n) is 2.11. The van der Waals surface area contributed by atoms with Gasteiger partial charge in [0.1, 0.15) is 6.17 Å². The van der Waals surface area contributed by atoms with Crippen LogP contribution in [0.25, 0.3) is 0 Å². The van der Waals surface area contributed by atoms with Crippen LogP contribution in [-0.2, 0) is 4.79 Å². The number of nitrogens with one attached hydrogen (secondary N) is 1. The number of halogens is 1. The molecular weight excluding hydrogens is 97.0 g/mol. The van der Waals surface area contributed by atoms with Crippen molar-refractivity contribution < 1.29 is 9.18 Å². The predicted octanol–water partition coefficient (Wildman–Crippen LogP) is -0.246. The molecule has 0 spiro atoms. The maximum Gasteiger partial charge on any atom is 0.309 e. The predicted molar refractivity (Wildman–Crippen MR) is 22.1 cm³/mol. The molecule has 1 rings (SSSR count). The van der Waals surface area contributed by atoms with Crippen LogP contribution < -0.4 is 5.32 Å². The maximum absolute atomic E-state index is 11.7. The van der Waals surface area contributed by atoms with E-state index in [-0.39, 0.29) is 6.04 Å². The zero-order valence-electron chi connectivity index (χ0n) is 3.65. The van der Waals surface area contributed by atoms with Gasteiger partial charge in [0.25, 0.3) is 0 Å². The van der Waals surface area contributed by atoms with Gasteiger partial charge in [-0.25, -0.2) is 4.39 Å². The Morgan fingerprint density at radius 1 is 1.86 bits per heavy atom. The fourth-order valence-corrected chi connectivity index (χ4v) is 0.389. The van der Waals surface area contributed by atoms with Crippen LogP contribution >= 0.6 is 0 Å². The number of alkyl halides is 1. The molecule has 1 aliphatic rings. The van der Waals surface area contributed by atoms with Crippen LogP contribution in [0.15, 0.2) is 0 Å². The van der Waals surface area contributed by atoms with Crippen molar-refractivity contribution in [2.75, 3.05) is 0 Å². The zero-order valence-corrected chi connectivity index (χ0v) is 3.65. The van der Waals surface area contributed by atoms with Crippen molar-refractivity contribution >= 4 is 6.41 Å². The Morgan fingerprint density at radius 3 is 2.57 bits per heavy atom. The summed E-state index contributed by atoms with van der Waals surface area (Å²) in [5, 5.41) is 2.19. The molecule has 1 aliphatic carbocycles. The van der Waals surface area contributed by atoms with Crippen molar-refractivity contribution in [1.82, 2.24) is 5.32 Å². The summed E-state index contributed by atoms with van der Waals surface area (Å²) < 4.78 is 11.7. The van der Waals surface area contributed by atoms with Gasteiger partial charge in [-0.05, 0) is 0 Å². The molecule has 1 amide bonds. The summed E-state index contributed by atoms with van der Waals surface area (Å²) in [7, 11) is 0. The normalized spacial score (nSPS) is 37.3. The highest BCUT2D eigenvalue weighted by molar-refractivity contribution is 5.48. The smallest absolute Gasteiger partial charge is 0.309 e. The van der Waals surface area contributed by atoms with Crippen LogP contribution in [0.2, 0.25) is 0 Å². The lowest BCUT2D eigenvalue weighted by molar-refractivity contribution is 0.455.